The molecule has 1 aliphatic heterocycles. The lowest BCUT2D eigenvalue weighted by Crippen LogP contribution is -2.54. The summed E-state index contributed by atoms with van der Waals surface area (Å²) in [7, 11) is -3.81. The van der Waals surface area contributed by atoms with Crippen molar-refractivity contribution >= 4 is 16.2 Å². The van der Waals surface area contributed by atoms with Gasteiger partial charge in [-0.15, -0.1) is 0 Å². The fourth-order valence-corrected chi connectivity index (χ4v) is 4.59. The van der Waals surface area contributed by atoms with E-state index in [4.69, 9.17) is 0 Å². The highest BCUT2D eigenvalue weighted by atomic mass is 32.2. The van der Waals surface area contributed by atoms with Gasteiger partial charge in [-0.05, 0) is 18.8 Å². The van der Waals surface area contributed by atoms with Crippen LogP contribution in [0.15, 0.2) is 6.33 Å². The molecule has 0 aromatic carbocycles. The van der Waals surface area contributed by atoms with Crippen LogP contribution in [-0.2, 0) is 28.0 Å². The third-order valence-electron chi connectivity index (χ3n) is 4.27. The molecule has 0 amide bonds. The lowest BCUT2D eigenvalue weighted by molar-refractivity contribution is -0.142. The molecule has 22 heavy (non-hydrogen) atoms. The van der Waals surface area contributed by atoms with Gasteiger partial charge in [0.1, 0.15) is 6.04 Å². The maximum Gasteiger partial charge on any atom is 0.322 e. The van der Waals surface area contributed by atoms with E-state index in [2.05, 4.69) is 9.97 Å². The summed E-state index contributed by atoms with van der Waals surface area (Å²) in [4.78, 5) is 18.5. The number of aromatic nitrogens is 2. The van der Waals surface area contributed by atoms with Gasteiger partial charge in [-0.1, -0.05) is 6.92 Å². The number of nitrogens with zero attached hydrogens (tertiary/aromatic N) is 3. The van der Waals surface area contributed by atoms with Gasteiger partial charge in [0.15, 0.2) is 0 Å². The first-order valence-corrected chi connectivity index (χ1v) is 8.84. The van der Waals surface area contributed by atoms with Crippen molar-refractivity contribution in [2.75, 3.05) is 13.1 Å². The quantitative estimate of drug-likeness (QED) is 0.776. The van der Waals surface area contributed by atoms with Crippen LogP contribution in [0.25, 0.3) is 0 Å². The molecule has 8 nitrogen and oxygen atoms in total. The molecule has 0 saturated heterocycles. The minimum atomic E-state index is -3.81. The predicted octanol–water partition coefficient (Wildman–Crippen LogP) is 0.198. The number of rotatable bonds is 6. The van der Waals surface area contributed by atoms with Gasteiger partial charge in [-0.25, -0.2) is 4.98 Å². The number of H-pyrrole nitrogens is 1. The molecule has 1 atom stereocenters. The Kier molecular flexibility index (Phi) is 3.96. The summed E-state index contributed by atoms with van der Waals surface area (Å²) >= 11 is 0. The van der Waals surface area contributed by atoms with Crippen molar-refractivity contribution in [3.63, 3.8) is 0 Å². The molecule has 0 radical (unpaired) electrons. The van der Waals surface area contributed by atoms with Crippen LogP contribution in [0, 0.1) is 5.92 Å². The molecule has 1 saturated carbocycles. The monoisotopic (exact) mass is 328 g/mol. The van der Waals surface area contributed by atoms with Crippen LogP contribution >= 0.6 is 0 Å². The largest absolute Gasteiger partial charge is 0.480 e. The fraction of sp³-hybridized carbons (Fsp3) is 0.692. The molecule has 2 heterocycles. The zero-order chi connectivity index (χ0) is 15.9. The molecule has 1 unspecified atom stereocenters. The van der Waals surface area contributed by atoms with Crippen LogP contribution < -0.4 is 0 Å². The first-order chi connectivity index (χ1) is 10.4. The number of fused-ring (bicyclic) bond motifs is 1. The minimum Gasteiger partial charge on any atom is -0.480 e. The summed E-state index contributed by atoms with van der Waals surface area (Å²) in [5.74, 6) is -0.731. The van der Waals surface area contributed by atoms with E-state index in [9.17, 15) is 18.3 Å². The molecule has 1 aliphatic carbocycles. The average molecular weight is 328 g/mol. The highest BCUT2D eigenvalue weighted by Crippen LogP contribution is 2.32. The van der Waals surface area contributed by atoms with E-state index in [-0.39, 0.29) is 13.0 Å². The summed E-state index contributed by atoms with van der Waals surface area (Å²) in [6.45, 7) is 2.62. The van der Waals surface area contributed by atoms with Crippen molar-refractivity contribution < 1.29 is 18.3 Å². The molecule has 9 heteroatoms. The number of hydrogen-bond acceptors (Lipinski definition) is 4. The number of carboxylic acid groups (broad SMARTS) is 1. The average Bonchev–Trinajstić information content (AvgIpc) is 3.18. The Labute approximate surface area is 129 Å². The first kappa shape index (κ1) is 15.4. The van der Waals surface area contributed by atoms with E-state index in [0.29, 0.717) is 30.4 Å². The molecule has 0 bridgehead atoms. The van der Waals surface area contributed by atoms with Gasteiger partial charge in [-0.2, -0.15) is 17.0 Å². The second-order valence-corrected chi connectivity index (χ2v) is 7.71. The molecule has 2 aliphatic rings. The highest BCUT2D eigenvalue weighted by Gasteiger charge is 2.43. The van der Waals surface area contributed by atoms with Gasteiger partial charge in [0.25, 0.3) is 10.2 Å². The molecule has 0 spiro atoms. The Balaban J connectivity index is 1.90. The molecule has 1 aromatic rings. The summed E-state index contributed by atoms with van der Waals surface area (Å²) in [6.07, 6.45) is 3.65. The Bertz CT molecular complexity index is 667. The maximum atomic E-state index is 12.9. The summed E-state index contributed by atoms with van der Waals surface area (Å²) in [6, 6.07) is -1.10. The zero-order valence-corrected chi connectivity index (χ0v) is 13.2. The standard InChI is InChI=1S/C13H20N4O4S/c1-2-16(6-9-3-4-9)22(20,21)17-7-11-10(14-8-15-11)5-12(17)13(18)19/h8-9,12H,2-7H2,1H3,(H,14,15)(H,18,19). The highest BCUT2D eigenvalue weighted by molar-refractivity contribution is 7.86. The Morgan fingerprint density at radius 3 is 2.86 bits per heavy atom. The van der Waals surface area contributed by atoms with Crippen molar-refractivity contribution in [3.05, 3.63) is 17.7 Å². The van der Waals surface area contributed by atoms with Crippen molar-refractivity contribution in [2.24, 2.45) is 5.92 Å². The fourth-order valence-electron chi connectivity index (χ4n) is 2.79. The second-order valence-electron chi connectivity index (χ2n) is 5.83. The molecule has 122 valence electrons. The Morgan fingerprint density at radius 1 is 1.55 bits per heavy atom. The zero-order valence-electron chi connectivity index (χ0n) is 12.4. The molecule has 1 aromatic heterocycles. The minimum absolute atomic E-state index is 0.0236. The van der Waals surface area contributed by atoms with E-state index in [1.54, 1.807) is 6.92 Å². The smallest absolute Gasteiger partial charge is 0.322 e. The van der Waals surface area contributed by atoms with Crippen molar-refractivity contribution in [3.8, 4) is 0 Å². The normalized spacial score (nSPS) is 22.7. The number of hydrogen-bond donors (Lipinski definition) is 2. The van der Waals surface area contributed by atoms with E-state index in [1.807, 2.05) is 0 Å². The maximum absolute atomic E-state index is 12.9. The number of aromatic amines is 1. The number of aliphatic carboxylic acids is 1. The summed E-state index contributed by atoms with van der Waals surface area (Å²) in [5, 5.41) is 9.42. The van der Waals surface area contributed by atoms with Crippen molar-refractivity contribution in [2.45, 2.75) is 38.8 Å². The lowest BCUT2D eigenvalue weighted by Gasteiger charge is -2.35. The van der Waals surface area contributed by atoms with Gasteiger partial charge in [-0.3, -0.25) is 4.79 Å². The van der Waals surface area contributed by atoms with Crippen LogP contribution in [0.4, 0.5) is 0 Å². The van der Waals surface area contributed by atoms with Gasteiger partial charge in [0.2, 0.25) is 0 Å². The predicted molar refractivity (Wildman–Crippen MR) is 78.1 cm³/mol. The number of carboxylic acids is 1. The van der Waals surface area contributed by atoms with E-state index < -0.39 is 22.2 Å². The summed E-state index contributed by atoms with van der Waals surface area (Å²) < 4.78 is 28.2. The molecule has 2 N–H and O–H groups in total. The van der Waals surface area contributed by atoms with Crippen LogP contribution in [0.5, 0.6) is 0 Å². The molecular weight excluding hydrogens is 308 g/mol. The van der Waals surface area contributed by atoms with Crippen LogP contribution in [0.3, 0.4) is 0 Å². The van der Waals surface area contributed by atoms with Crippen LogP contribution in [0.1, 0.15) is 31.2 Å². The van der Waals surface area contributed by atoms with E-state index in [0.717, 1.165) is 17.1 Å². The summed E-state index contributed by atoms with van der Waals surface area (Å²) in [5.41, 5.74) is 1.30. The van der Waals surface area contributed by atoms with Crippen LogP contribution in [0.2, 0.25) is 0 Å². The third-order valence-corrected chi connectivity index (χ3v) is 6.31. The Hall–Kier alpha value is -1.45. The van der Waals surface area contributed by atoms with Gasteiger partial charge >= 0.3 is 5.97 Å². The third kappa shape index (κ3) is 2.75. The first-order valence-electron chi connectivity index (χ1n) is 7.44. The number of nitrogens with one attached hydrogen (secondary N) is 1. The van der Waals surface area contributed by atoms with Gasteiger partial charge in [0.05, 0.1) is 24.3 Å². The van der Waals surface area contributed by atoms with Gasteiger partial charge in [0, 0.05) is 19.5 Å². The van der Waals surface area contributed by atoms with Crippen molar-refractivity contribution in [1.82, 2.24) is 18.6 Å². The molecular formula is C13H20N4O4S. The lowest BCUT2D eigenvalue weighted by atomic mass is 10.1. The number of carbonyl (C=O) groups is 1. The topological polar surface area (TPSA) is 107 Å². The Morgan fingerprint density at radius 2 is 2.27 bits per heavy atom. The SMILES string of the molecule is CCN(CC1CC1)S(=O)(=O)N1Cc2[nH]cnc2CC1C(=O)O. The molecule has 1 fully saturated rings. The van der Waals surface area contributed by atoms with E-state index in [1.165, 1.54) is 10.6 Å². The number of imidazole rings is 1. The molecule has 3 rings (SSSR count). The second kappa shape index (κ2) is 5.64. The van der Waals surface area contributed by atoms with Gasteiger partial charge < -0.3 is 10.1 Å². The van der Waals surface area contributed by atoms with Crippen molar-refractivity contribution in [1.29, 1.82) is 0 Å². The van der Waals surface area contributed by atoms with E-state index >= 15 is 0 Å². The van der Waals surface area contributed by atoms with Crippen LogP contribution in [-0.4, -0.2) is 57.2 Å².